The molecule has 0 saturated carbocycles. The lowest BCUT2D eigenvalue weighted by Crippen LogP contribution is -2.50. The molecule has 2 unspecified atom stereocenters. The van der Waals surface area contributed by atoms with E-state index in [4.69, 9.17) is 4.74 Å². The number of rotatable bonds is 4. The highest BCUT2D eigenvalue weighted by atomic mass is 19.1. The van der Waals surface area contributed by atoms with Gasteiger partial charge in [0.05, 0.1) is 24.3 Å². The van der Waals surface area contributed by atoms with Crippen molar-refractivity contribution in [2.45, 2.75) is 39.3 Å². The molecular weight excluding hydrogens is 273 g/mol. The molecule has 0 aromatic carbocycles. The minimum Gasteiger partial charge on any atom is -0.375 e. The first-order valence-electron chi connectivity index (χ1n) is 7.35. The summed E-state index contributed by atoms with van der Waals surface area (Å²) in [5.74, 6) is -0.754. The molecule has 1 aromatic heterocycles. The third-order valence-electron chi connectivity index (χ3n) is 3.53. The normalized spacial score (nSPS) is 22.2. The van der Waals surface area contributed by atoms with Gasteiger partial charge in [0.1, 0.15) is 0 Å². The average molecular weight is 295 g/mol. The van der Waals surface area contributed by atoms with Gasteiger partial charge in [0.2, 0.25) is 0 Å². The summed E-state index contributed by atoms with van der Waals surface area (Å²) in [5, 5.41) is 2.90. The molecule has 0 bridgehead atoms. The summed E-state index contributed by atoms with van der Waals surface area (Å²) in [6.45, 7) is 7.35. The zero-order valence-electron chi connectivity index (χ0n) is 12.7. The molecule has 1 aromatic rings. The first-order chi connectivity index (χ1) is 10.0. The molecule has 0 aliphatic carbocycles. The molecule has 2 atom stereocenters. The van der Waals surface area contributed by atoms with E-state index >= 15 is 0 Å². The van der Waals surface area contributed by atoms with Gasteiger partial charge in [-0.05, 0) is 26.3 Å². The van der Waals surface area contributed by atoms with Gasteiger partial charge in [-0.1, -0.05) is 6.92 Å². The molecule has 1 aliphatic rings. The Labute approximate surface area is 124 Å². The zero-order valence-corrected chi connectivity index (χ0v) is 12.7. The third kappa shape index (κ3) is 3.50. The fourth-order valence-corrected chi connectivity index (χ4v) is 2.32. The van der Waals surface area contributed by atoms with Crippen LogP contribution in [0.15, 0.2) is 12.3 Å². The van der Waals surface area contributed by atoms with E-state index in [1.165, 1.54) is 12.3 Å². The first-order valence-corrected chi connectivity index (χ1v) is 7.35. The van der Waals surface area contributed by atoms with Crippen LogP contribution in [0.2, 0.25) is 0 Å². The van der Waals surface area contributed by atoms with Gasteiger partial charge in [-0.3, -0.25) is 4.79 Å². The van der Waals surface area contributed by atoms with Crippen molar-refractivity contribution in [1.29, 1.82) is 0 Å². The van der Waals surface area contributed by atoms with Crippen molar-refractivity contribution in [3.8, 4) is 0 Å². The molecule has 2 rings (SSSR count). The second-order valence-electron chi connectivity index (χ2n) is 5.40. The molecule has 1 fully saturated rings. The summed E-state index contributed by atoms with van der Waals surface area (Å²) in [6, 6.07) is 1.37. The number of pyridine rings is 1. The molecule has 2 heterocycles. The summed E-state index contributed by atoms with van der Waals surface area (Å²) < 4.78 is 19.9. The Bertz CT molecular complexity index is 510. The van der Waals surface area contributed by atoms with Crippen LogP contribution in [0.1, 0.15) is 37.6 Å². The molecule has 1 aliphatic heterocycles. The summed E-state index contributed by atoms with van der Waals surface area (Å²) in [5.41, 5.74) is 0.0598. The second-order valence-corrected chi connectivity index (χ2v) is 5.40. The SMILES string of the molecule is CCCNc1nccc(C(=O)N2CC(C)OCC2C)c1F. The van der Waals surface area contributed by atoms with Crippen molar-refractivity contribution in [2.24, 2.45) is 0 Å². The Morgan fingerprint density at radius 2 is 2.33 bits per heavy atom. The molecule has 1 N–H and O–H groups in total. The van der Waals surface area contributed by atoms with E-state index in [9.17, 15) is 9.18 Å². The Hall–Kier alpha value is -1.69. The zero-order chi connectivity index (χ0) is 15.4. The van der Waals surface area contributed by atoms with Crippen molar-refractivity contribution in [1.82, 2.24) is 9.88 Å². The molecular formula is C15H22FN3O2. The van der Waals surface area contributed by atoms with Gasteiger partial charge < -0.3 is 15.0 Å². The van der Waals surface area contributed by atoms with Crippen LogP contribution in [0.5, 0.6) is 0 Å². The number of carbonyl (C=O) groups is 1. The second kappa shape index (κ2) is 6.85. The Kier molecular flexibility index (Phi) is 5.12. The topological polar surface area (TPSA) is 54.5 Å². The van der Waals surface area contributed by atoms with Crippen LogP contribution >= 0.6 is 0 Å². The number of hydrogen-bond donors (Lipinski definition) is 1. The molecule has 21 heavy (non-hydrogen) atoms. The highest BCUT2D eigenvalue weighted by molar-refractivity contribution is 5.95. The Balaban J connectivity index is 2.22. The van der Waals surface area contributed by atoms with E-state index in [-0.39, 0.29) is 29.4 Å². The fraction of sp³-hybridized carbons (Fsp3) is 0.600. The highest BCUT2D eigenvalue weighted by Crippen LogP contribution is 2.20. The minimum atomic E-state index is -0.581. The van der Waals surface area contributed by atoms with Gasteiger partial charge in [-0.15, -0.1) is 0 Å². The largest absolute Gasteiger partial charge is 0.375 e. The molecule has 1 saturated heterocycles. The van der Waals surface area contributed by atoms with E-state index in [0.29, 0.717) is 19.7 Å². The summed E-state index contributed by atoms with van der Waals surface area (Å²) >= 11 is 0. The predicted molar refractivity (Wildman–Crippen MR) is 78.9 cm³/mol. The number of hydrogen-bond acceptors (Lipinski definition) is 4. The van der Waals surface area contributed by atoms with E-state index < -0.39 is 5.82 Å². The number of aromatic nitrogens is 1. The van der Waals surface area contributed by atoms with Crippen LogP contribution < -0.4 is 5.32 Å². The number of ether oxygens (including phenoxy) is 1. The van der Waals surface area contributed by atoms with Crippen LogP contribution in [-0.2, 0) is 4.74 Å². The summed E-state index contributed by atoms with van der Waals surface area (Å²) in [7, 11) is 0. The predicted octanol–water partition coefficient (Wildman–Crippen LogP) is 2.29. The number of morpholine rings is 1. The van der Waals surface area contributed by atoms with Crippen molar-refractivity contribution in [3.63, 3.8) is 0 Å². The van der Waals surface area contributed by atoms with E-state index in [1.54, 1.807) is 4.90 Å². The standard InChI is InChI=1S/C15H22FN3O2/c1-4-6-17-14-13(16)12(5-7-18-14)15(20)19-8-11(3)21-9-10(19)2/h5,7,10-11H,4,6,8-9H2,1-3H3,(H,17,18). The monoisotopic (exact) mass is 295 g/mol. The average Bonchev–Trinajstić information content (AvgIpc) is 2.48. The van der Waals surface area contributed by atoms with E-state index in [2.05, 4.69) is 10.3 Å². The Morgan fingerprint density at radius 1 is 1.57 bits per heavy atom. The molecule has 5 nitrogen and oxygen atoms in total. The van der Waals surface area contributed by atoms with Crippen molar-refractivity contribution >= 4 is 11.7 Å². The lowest BCUT2D eigenvalue weighted by Gasteiger charge is -2.36. The van der Waals surface area contributed by atoms with Gasteiger partial charge in [-0.25, -0.2) is 9.37 Å². The lowest BCUT2D eigenvalue weighted by atomic mass is 10.1. The van der Waals surface area contributed by atoms with Gasteiger partial charge in [0, 0.05) is 19.3 Å². The number of nitrogens with zero attached hydrogens (tertiary/aromatic N) is 2. The maximum atomic E-state index is 14.4. The van der Waals surface area contributed by atoms with Crippen molar-refractivity contribution in [2.75, 3.05) is 25.0 Å². The van der Waals surface area contributed by atoms with Crippen LogP contribution in [0.25, 0.3) is 0 Å². The highest BCUT2D eigenvalue weighted by Gasteiger charge is 2.30. The summed E-state index contributed by atoms with van der Waals surface area (Å²) in [6.07, 6.45) is 2.29. The van der Waals surface area contributed by atoms with Crippen LogP contribution in [0.4, 0.5) is 10.2 Å². The van der Waals surface area contributed by atoms with E-state index in [1.807, 2.05) is 20.8 Å². The maximum Gasteiger partial charge on any atom is 0.257 e. The van der Waals surface area contributed by atoms with Crippen molar-refractivity contribution < 1.29 is 13.9 Å². The molecule has 6 heteroatoms. The van der Waals surface area contributed by atoms with Crippen molar-refractivity contribution in [3.05, 3.63) is 23.6 Å². The third-order valence-corrected chi connectivity index (χ3v) is 3.53. The molecule has 0 radical (unpaired) electrons. The molecule has 116 valence electrons. The lowest BCUT2D eigenvalue weighted by molar-refractivity contribution is -0.0388. The fourth-order valence-electron chi connectivity index (χ4n) is 2.32. The van der Waals surface area contributed by atoms with Gasteiger partial charge >= 0.3 is 0 Å². The maximum absolute atomic E-state index is 14.4. The van der Waals surface area contributed by atoms with Gasteiger partial charge in [0.15, 0.2) is 11.6 Å². The van der Waals surface area contributed by atoms with Crippen LogP contribution in [0, 0.1) is 5.82 Å². The van der Waals surface area contributed by atoms with Gasteiger partial charge in [0.25, 0.3) is 5.91 Å². The van der Waals surface area contributed by atoms with Crippen LogP contribution in [0.3, 0.4) is 0 Å². The number of carbonyl (C=O) groups excluding carboxylic acids is 1. The summed E-state index contributed by atoms with van der Waals surface area (Å²) in [4.78, 5) is 18.2. The van der Waals surface area contributed by atoms with Gasteiger partial charge in [-0.2, -0.15) is 0 Å². The van der Waals surface area contributed by atoms with E-state index in [0.717, 1.165) is 6.42 Å². The molecule has 0 spiro atoms. The first kappa shape index (κ1) is 15.7. The number of nitrogens with one attached hydrogen (secondary N) is 1. The Morgan fingerprint density at radius 3 is 3.05 bits per heavy atom. The smallest absolute Gasteiger partial charge is 0.257 e. The number of halogens is 1. The minimum absolute atomic E-state index is 0.0345. The number of amides is 1. The van der Waals surface area contributed by atoms with Crippen LogP contribution in [-0.4, -0.2) is 47.6 Å². The quantitative estimate of drug-likeness (QED) is 0.926. The molecule has 1 amide bonds. The number of anilines is 1.